The Kier molecular flexibility index (Phi) is 25.2. The molecule has 0 radical (unpaired) electrons. The zero-order valence-electron chi connectivity index (χ0n) is 56.0. The van der Waals surface area contributed by atoms with E-state index in [1.54, 1.807) is 164 Å². The molecule has 0 aliphatic carbocycles. The highest BCUT2D eigenvalue weighted by Crippen LogP contribution is 2.38. The second kappa shape index (κ2) is 35.9. The number of esters is 9. The number of alkyl halides is 1. The number of aliphatic hydroxyl groups is 1. The summed E-state index contributed by atoms with van der Waals surface area (Å²) < 4.78 is 89.6. The van der Waals surface area contributed by atoms with Gasteiger partial charge in [0.25, 0.3) is 0 Å². The van der Waals surface area contributed by atoms with Crippen LogP contribution in [0.3, 0.4) is 0 Å². The minimum absolute atomic E-state index is 0.00825. The van der Waals surface area contributed by atoms with Crippen molar-refractivity contribution in [2.75, 3.05) is 17.6 Å². The molecule has 9 aromatic rings. The predicted octanol–water partition coefficient (Wildman–Crippen LogP) is 10.7. The molecule has 106 heavy (non-hydrogen) atoms. The summed E-state index contributed by atoms with van der Waals surface area (Å²) >= 11 is 1.97. The van der Waals surface area contributed by atoms with Gasteiger partial charge in [-0.1, -0.05) is 186 Å². The maximum absolute atomic E-state index is 14.9. The zero-order valence-corrected chi connectivity index (χ0v) is 58.1. The van der Waals surface area contributed by atoms with Crippen LogP contribution in [0, 0.1) is 0 Å². The smallest absolute Gasteiger partial charge is 0.338 e. The van der Waals surface area contributed by atoms with Gasteiger partial charge in [-0.3, -0.25) is 0 Å². The van der Waals surface area contributed by atoms with Crippen LogP contribution < -0.4 is 0 Å². The predicted molar refractivity (Wildman–Crippen MR) is 380 cm³/mol. The number of carbonyl (C=O) groups excluding carboxylic acids is 9. The second-order valence-electron chi connectivity index (χ2n) is 24.1. The van der Waals surface area contributed by atoms with Crippen molar-refractivity contribution in [2.45, 2.75) is 92.1 Å². The van der Waals surface area contributed by atoms with E-state index in [0.717, 1.165) is 0 Å². The molecule has 3 aliphatic rings. The van der Waals surface area contributed by atoms with E-state index in [-0.39, 0.29) is 54.5 Å². The quantitative estimate of drug-likeness (QED) is 0.0241. The van der Waals surface area contributed by atoms with Crippen molar-refractivity contribution in [3.8, 4) is 0 Å². The molecule has 3 heterocycles. The van der Waals surface area contributed by atoms with Gasteiger partial charge < -0.3 is 71.4 Å². The van der Waals surface area contributed by atoms with Gasteiger partial charge in [0.15, 0.2) is 73.8 Å². The van der Waals surface area contributed by atoms with Gasteiger partial charge in [-0.2, -0.15) is 0 Å². The van der Waals surface area contributed by atoms with Crippen LogP contribution >= 0.6 is 22.6 Å². The number of halogens is 1. The molecular formula is C81H67IO24. The lowest BCUT2D eigenvalue weighted by atomic mass is 9.96. The normalized spacial score (nSPS) is 23.9. The van der Waals surface area contributed by atoms with E-state index in [1.807, 2.05) is 22.6 Å². The number of ether oxygens (including phenoxy) is 14. The van der Waals surface area contributed by atoms with Crippen molar-refractivity contribution in [2.24, 2.45) is 0 Å². The molecule has 0 amide bonds. The molecular weight excluding hydrogens is 1480 g/mol. The molecule has 3 saturated heterocycles. The molecule has 9 aromatic carbocycles. The third kappa shape index (κ3) is 18.6. The highest BCUT2D eigenvalue weighted by atomic mass is 127. The van der Waals surface area contributed by atoms with Crippen LogP contribution in [0.25, 0.3) is 0 Å². The fraction of sp³-hybridized carbons (Fsp3) is 0.222. The Bertz CT molecular complexity index is 4440. The van der Waals surface area contributed by atoms with Crippen LogP contribution in [0.15, 0.2) is 273 Å². The van der Waals surface area contributed by atoms with Gasteiger partial charge in [-0.15, -0.1) is 0 Å². The van der Waals surface area contributed by atoms with Crippen LogP contribution in [0.4, 0.5) is 0 Å². The summed E-state index contributed by atoms with van der Waals surface area (Å²) in [5.74, 6) is -9.04. The number of aliphatic hydroxyl groups excluding tert-OH is 1. The number of hydrogen-bond donors (Lipinski definition) is 1. The van der Waals surface area contributed by atoms with E-state index in [1.165, 1.54) is 109 Å². The number of carbonyl (C=O) groups is 9. The Balaban J connectivity index is 0.968. The maximum Gasteiger partial charge on any atom is 0.338 e. The Morgan fingerprint density at radius 3 is 0.660 bits per heavy atom. The van der Waals surface area contributed by atoms with Crippen molar-refractivity contribution < 1.29 is 115 Å². The molecule has 0 bridgehead atoms. The van der Waals surface area contributed by atoms with Gasteiger partial charge in [-0.25, -0.2) is 43.2 Å². The summed E-state index contributed by atoms with van der Waals surface area (Å²) in [5, 5.41) is 12.2. The van der Waals surface area contributed by atoms with Crippen LogP contribution in [0.1, 0.15) is 93.2 Å². The van der Waals surface area contributed by atoms with Crippen LogP contribution in [-0.2, 0) is 66.3 Å². The first-order valence-electron chi connectivity index (χ1n) is 33.5. The molecule has 1 N–H and O–H groups in total. The molecule has 0 unspecified atom stereocenters. The summed E-state index contributed by atoms with van der Waals surface area (Å²) in [4.78, 5) is 131. The standard InChI is InChI=1S/C81H67IO24/c82-46-58-61(98-70(83)49-28-10-1-11-29-49)65(102-74(87)53-36-18-5-19-37-53)68(105-77(90)56-42-24-8-25-43-56)80(96-58)94-48-60-63(100-72(85)51-32-14-3-15-33-51)66(103-75(88)54-38-20-6-21-39-54)69(106-78(91)57-44-26-9-27-45-57)81(97-60)93-47-59-62(99-71(84)50-30-12-2-13-31-50)64(101-73(86)52-34-16-4-17-35-52)67(79(92)95-59)104-76(89)55-40-22-7-23-41-55/h1-45,58-69,79-81,92H,46-48H2/t58-,59-,60-,61-,62-,63-,64+,65+,66+,67+,68+,69+,79+,80+,81+/m1/s1. The van der Waals surface area contributed by atoms with Gasteiger partial charge in [0.1, 0.15) is 18.3 Å². The third-order valence-corrected chi connectivity index (χ3v) is 17.9. The Hall–Kier alpha value is -11.3. The Labute approximate surface area is 620 Å². The van der Waals surface area contributed by atoms with Crippen LogP contribution in [-0.4, -0.2) is 169 Å². The summed E-state index contributed by atoms with van der Waals surface area (Å²) in [5.41, 5.74) is 0.0230. The van der Waals surface area contributed by atoms with E-state index >= 15 is 0 Å². The molecule has 542 valence electrons. The fourth-order valence-corrected chi connectivity index (χ4v) is 12.5. The van der Waals surface area contributed by atoms with Crippen molar-refractivity contribution in [3.05, 3.63) is 323 Å². The highest BCUT2D eigenvalue weighted by Gasteiger charge is 2.58. The average Bonchev–Trinajstić information content (AvgIpc) is 0.777. The summed E-state index contributed by atoms with van der Waals surface area (Å²) in [7, 11) is 0. The minimum Gasteiger partial charge on any atom is -0.452 e. The molecule has 12 rings (SSSR count). The summed E-state index contributed by atoms with van der Waals surface area (Å²) in [6.07, 6.45) is -28.0. The number of hydrogen-bond acceptors (Lipinski definition) is 24. The van der Waals surface area contributed by atoms with Crippen molar-refractivity contribution in [1.29, 1.82) is 0 Å². The van der Waals surface area contributed by atoms with E-state index in [0.29, 0.717) is 0 Å². The van der Waals surface area contributed by atoms with E-state index in [9.17, 15) is 48.3 Å². The Morgan fingerprint density at radius 1 is 0.245 bits per heavy atom. The molecule has 15 atom stereocenters. The molecule has 0 spiro atoms. The lowest BCUT2D eigenvalue weighted by Gasteiger charge is -2.47. The highest BCUT2D eigenvalue weighted by molar-refractivity contribution is 14.1. The van der Waals surface area contributed by atoms with Crippen molar-refractivity contribution >= 4 is 76.3 Å². The van der Waals surface area contributed by atoms with Gasteiger partial charge in [0.05, 0.1) is 63.3 Å². The van der Waals surface area contributed by atoms with Crippen LogP contribution in [0.2, 0.25) is 0 Å². The van der Waals surface area contributed by atoms with Crippen molar-refractivity contribution in [1.82, 2.24) is 0 Å². The van der Waals surface area contributed by atoms with Gasteiger partial charge in [0, 0.05) is 4.43 Å². The third-order valence-electron chi connectivity index (χ3n) is 17.1. The fourth-order valence-electron chi connectivity index (χ4n) is 11.8. The lowest BCUT2D eigenvalue weighted by molar-refractivity contribution is -0.335. The summed E-state index contributed by atoms with van der Waals surface area (Å²) in [6, 6.07) is 69.0. The molecule has 3 aliphatic heterocycles. The second-order valence-corrected chi connectivity index (χ2v) is 25.0. The topological polar surface area (TPSA) is 303 Å². The first kappa shape index (κ1) is 74.4. The molecule has 24 nitrogen and oxygen atoms in total. The molecule has 3 fully saturated rings. The Morgan fingerprint density at radius 2 is 0.425 bits per heavy atom. The van der Waals surface area contributed by atoms with Gasteiger partial charge >= 0.3 is 53.7 Å². The van der Waals surface area contributed by atoms with Crippen molar-refractivity contribution in [3.63, 3.8) is 0 Å². The zero-order chi connectivity index (χ0) is 73.9. The van der Waals surface area contributed by atoms with E-state index in [2.05, 4.69) is 0 Å². The minimum atomic E-state index is -2.22. The number of benzene rings is 9. The van der Waals surface area contributed by atoms with E-state index in [4.69, 9.17) is 66.3 Å². The van der Waals surface area contributed by atoms with Gasteiger partial charge in [0.2, 0.25) is 0 Å². The largest absolute Gasteiger partial charge is 0.452 e. The molecule has 0 aromatic heterocycles. The first-order valence-corrected chi connectivity index (χ1v) is 35.0. The lowest BCUT2D eigenvalue weighted by Crippen LogP contribution is -2.65. The summed E-state index contributed by atoms with van der Waals surface area (Å²) in [6.45, 7) is -1.80. The first-order chi connectivity index (χ1) is 51.7. The van der Waals surface area contributed by atoms with Gasteiger partial charge in [-0.05, 0) is 109 Å². The maximum atomic E-state index is 14.9. The SMILES string of the molecule is O=C(O[C@@H]1[C@H](OC(=O)c2ccccc2)[C@@H](OC[C@H]2O[C@H](OC[C@H]3O[C@H](O)[C@@H](OC(=O)c4ccccc4)[C@@H](OC(=O)c4ccccc4)[C@@H]3OC(=O)c3ccccc3)[C@@H](OC(=O)c3ccccc3)[C@@H](OC(=O)c3ccccc3)[C@@H]2OC(=O)c2ccccc2)O[C@H](CI)[C@H]1OC(=O)c1ccccc1)c1ccccc1. The number of rotatable bonds is 25. The average molecular weight is 1550 g/mol. The monoisotopic (exact) mass is 1550 g/mol. The molecule has 25 heteroatoms. The van der Waals surface area contributed by atoms with Crippen LogP contribution in [0.5, 0.6) is 0 Å². The molecule has 0 saturated carbocycles. The van der Waals surface area contributed by atoms with E-state index < -0.39 is 159 Å².